The second-order valence-electron chi connectivity index (χ2n) is 8.51. The number of nitrogens with one attached hydrogen (secondary N) is 2. The summed E-state index contributed by atoms with van der Waals surface area (Å²) >= 11 is 0. The molecule has 3 rings (SSSR count). The van der Waals surface area contributed by atoms with Crippen molar-refractivity contribution >= 4 is 21.8 Å². The van der Waals surface area contributed by atoms with Gasteiger partial charge in [0.25, 0.3) is 0 Å². The molecule has 2 N–H and O–H groups in total. The van der Waals surface area contributed by atoms with Crippen LogP contribution in [0.3, 0.4) is 0 Å². The van der Waals surface area contributed by atoms with Crippen molar-refractivity contribution in [1.82, 2.24) is 14.9 Å². The number of nitrogens with zero attached hydrogens (tertiary/aromatic N) is 1. The summed E-state index contributed by atoms with van der Waals surface area (Å²) in [6.45, 7) is 4.50. The third-order valence-corrected chi connectivity index (χ3v) is 8.15. The highest BCUT2D eigenvalue weighted by atomic mass is 32.2. The van der Waals surface area contributed by atoms with Gasteiger partial charge in [-0.3, -0.25) is 9.59 Å². The van der Waals surface area contributed by atoms with E-state index in [2.05, 4.69) is 10.6 Å². The highest BCUT2D eigenvalue weighted by Crippen LogP contribution is 2.26. The molecule has 31 heavy (non-hydrogen) atoms. The first-order valence-electron chi connectivity index (χ1n) is 11.0. The number of amides is 2. The van der Waals surface area contributed by atoms with E-state index in [-0.39, 0.29) is 47.7 Å². The van der Waals surface area contributed by atoms with Crippen molar-refractivity contribution in [1.29, 1.82) is 0 Å². The van der Waals surface area contributed by atoms with Crippen molar-refractivity contribution in [3.63, 3.8) is 0 Å². The van der Waals surface area contributed by atoms with Crippen molar-refractivity contribution in [3.8, 4) is 5.75 Å². The average molecular weight is 452 g/mol. The highest BCUT2D eigenvalue weighted by Gasteiger charge is 2.35. The lowest BCUT2D eigenvalue weighted by Crippen LogP contribution is -2.53. The maximum atomic E-state index is 12.9. The summed E-state index contributed by atoms with van der Waals surface area (Å²) in [5.41, 5.74) is 0. The average Bonchev–Trinajstić information content (AvgIpc) is 3.60. The number of hydrogen-bond acceptors (Lipinski definition) is 5. The molecule has 0 spiro atoms. The molecule has 0 radical (unpaired) electrons. The molecule has 172 valence electrons. The first kappa shape index (κ1) is 23.5. The second kappa shape index (κ2) is 9.99. The third kappa shape index (κ3) is 5.77. The summed E-state index contributed by atoms with van der Waals surface area (Å²) in [7, 11) is -2.09. The number of methoxy groups -OCH3 is 1. The van der Waals surface area contributed by atoms with Crippen LogP contribution in [0.25, 0.3) is 0 Å². The molecule has 8 nitrogen and oxygen atoms in total. The van der Waals surface area contributed by atoms with Crippen molar-refractivity contribution in [3.05, 3.63) is 24.3 Å². The summed E-state index contributed by atoms with van der Waals surface area (Å²) in [4.78, 5) is 25.6. The van der Waals surface area contributed by atoms with E-state index in [9.17, 15) is 18.0 Å². The predicted molar refractivity (Wildman–Crippen MR) is 117 cm³/mol. The van der Waals surface area contributed by atoms with Crippen molar-refractivity contribution in [2.75, 3.05) is 20.2 Å². The number of piperidine rings is 1. The Kier molecular flexibility index (Phi) is 7.59. The Bertz CT molecular complexity index is 875. The van der Waals surface area contributed by atoms with Crippen LogP contribution in [-0.2, 0) is 19.6 Å². The van der Waals surface area contributed by atoms with Gasteiger partial charge in [-0.2, -0.15) is 4.31 Å². The Labute approximate surface area is 184 Å². The zero-order valence-electron chi connectivity index (χ0n) is 18.5. The Morgan fingerprint density at radius 3 is 2.26 bits per heavy atom. The Balaban J connectivity index is 1.58. The van der Waals surface area contributed by atoms with E-state index in [0.29, 0.717) is 18.6 Å². The largest absolute Gasteiger partial charge is 0.497 e. The molecule has 2 fully saturated rings. The molecule has 0 bridgehead atoms. The fourth-order valence-corrected chi connectivity index (χ4v) is 5.22. The minimum atomic E-state index is -3.61. The molecule has 1 aromatic carbocycles. The number of rotatable bonds is 9. The molecule has 1 saturated carbocycles. The molecule has 0 aromatic heterocycles. The molecule has 1 saturated heterocycles. The van der Waals surface area contributed by atoms with Crippen LogP contribution in [0.4, 0.5) is 0 Å². The van der Waals surface area contributed by atoms with Gasteiger partial charge in [-0.25, -0.2) is 8.42 Å². The van der Waals surface area contributed by atoms with Crippen LogP contribution in [0.2, 0.25) is 0 Å². The van der Waals surface area contributed by atoms with Gasteiger partial charge in [-0.05, 0) is 55.9 Å². The third-order valence-electron chi connectivity index (χ3n) is 6.24. The molecular formula is C22H33N3O5S. The molecule has 9 heteroatoms. The lowest BCUT2D eigenvalue weighted by atomic mass is 9.94. The fourth-order valence-electron chi connectivity index (χ4n) is 3.75. The van der Waals surface area contributed by atoms with Gasteiger partial charge in [0.2, 0.25) is 21.8 Å². The molecule has 1 aliphatic carbocycles. The number of ether oxygens (including phenoxy) is 1. The number of carbonyl (C=O) groups excluding carboxylic acids is 2. The summed E-state index contributed by atoms with van der Waals surface area (Å²) in [6, 6.07) is 5.98. The lowest BCUT2D eigenvalue weighted by molar-refractivity contribution is -0.133. The molecule has 1 aliphatic heterocycles. The van der Waals surface area contributed by atoms with E-state index < -0.39 is 16.1 Å². The van der Waals surface area contributed by atoms with Gasteiger partial charge in [0.15, 0.2) is 0 Å². The minimum Gasteiger partial charge on any atom is -0.497 e. The normalized spacial score (nSPS) is 20.0. The molecule has 2 atom stereocenters. The lowest BCUT2D eigenvalue weighted by Gasteiger charge is -2.32. The van der Waals surface area contributed by atoms with Crippen LogP contribution >= 0.6 is 0 Å². The molecular weight excluding hydrogens is 418 g/mol. The van der Waals surface area contributed by atoms with Gasteiger partial charge in [0.05, 0.1) is 12.0 Å². The molecule has 2 aliphatic rings. The first-order chi connectivity index (χ1) is 14.8. The van der Waals surface area contributed by atoms with Gasteiger partial charge < -0.3 is 15.4 Å². The Morgan fingerprint density at radius 2 is 1.74 bits per heavy atom. The summed E-state index contributed by atoms with van der Waals surface area (Å²) in [5.74, 6) is 0.0270. The van der Waals surface area contributed by atoms with Gasteiger partial charge in [-0.1, -0.05) is 20.3 Å². The zero-order chi connectivity index (χ0) is 22.6. The maximum Gasteiger partial charge on any atom is 0.243 e. The molecule has 1 aromatic rings. The van der Waals surface area contributed by atoms with Crippen molar-refractivity contribution in [2.24, 2.45) is 11.8 Å². The fraction of sp³-hybridized carbons (Fsp3) is 0.636. The van der Waals surface area contributed by atoms with E-state index in [0.717, 1.165) is 19.3 Å². The number of hydrogen-bond donors (Lipinski definition) is 2. The van der Waals surface area contributed by atoms with Gasteiger partial charge >= 0.3 is 0 Å². The van der Waals surface area contributed by atoms with Crippen LogP contribution in [0.5, 0.6) is 5.75 Å². The quantitative estimate of drug-likeness (QED) is 0.597. The zero-order valence-corrected chi connectivity index (χ0v) is 19.3. The summed E-state index contributed by atoms with van der Waals surface area (Å²) in [6.07, 6.45) is 3.63. The van der Waals surface area contributed by atoms with Crippen molar-refractivity contribution < 1.29 is 22.7 Å². The van der Waals surface area contributed by atoms with Gasteiger partial charge in [0.1, 0.15) is 11.8 Å². The van der Waals surface area contributed by atoms with E-state index >= 15 is 0 Å². The molecule has 0 unspecified atom stereocenters. The monoisotopic (exact) mass is 451 g/mol. The number of sulfonamides is 1. The smallest absolute Gasteiger partial charge is 0.243 e. The van der Waals surface area contributed by atoms with Crippen LogP contribution in [0, 0.1) is 11.8 Å². The van der Waals surface area contributed by atoms with Crippen LogP contribution in [-0.4, -0.2) is 56.8 Å². The SMILES string of the molecule is CC[C@@H](C)[C@H](NC(=O)C1CCN(S(=O)(=O)c2ccc(OC)cc2)CC1)C(=O)NC1CC1. The predicted octanol–water partition coefficient (Wildman–Crippen LogP) is 1.91. The van der Waals surface area contributed by atoms with Crippen LogP contribution in [0.15, 0.2) is 29.2 Å². The maximum absolute atomic E-state index is 12.9. The molecule has 2 amide bonds. The minimum absolute atomic E-state index is 0.0261. The van der Waals surface area contributed by atoms with Crippen LogP contribution < -0.4 is 15.4 Å². The van der Waals surface area contributed by atoms with Gasteiger partial charge in [-0.15, -0.1) is 0 Å². The van der Waals surface area contributed by atoms with E-state index in [1.165, 1.54) is 23.5 Å². The standard InChI is InChI=1S/C22H33N3O5S/c1-4-15(2)20(22(27)23-17-5-6-17)24-21(26)16-11-13-25(14-12-16)31(28,29)19-9-7-18(30-3)8-10-19/h7-10,15-17,20H,4-6,11-14H2,1-3H3,(H,23,27)(H,24,26)/t15-,20+/m1/s1. The van der Waals surface area contributed by atoms with Crippen molar-refractivity contribution in [2.45, 2.75) is 62.9 Å². The van der Waals surface area contributed by atoms with E-state index in [1.54, 1.807) is 12.1 Å². The summed E-state index contributed by atoms with van der Waals surface area (Å²) in [5, 5.41) is 5.92. The Hall–Kier alpha value is -2.13. The Morgan fingerprint density at radius 1 is 1.13 bits per heavy atom. The topological polar surface area (TPSA) is 105 Å². The van der Waals surface area contributed by atoms with E-state index in [4.69, 9.17) is 4.74 Å². The molecule has 1 heterocycles. The first-order valence-corrected chi connectivity index (χ1v) is 12.4. The van der Waals surface area contributed by atoms with E-state index in [1.807, 2.05) is 13.8 Å². The van der Waals surface area contributed by atoms with Crippen LogP contribution in [0.1, 0.15) is 46.0 Å². The number of benzene rings is 1. The number of carbonyl (C=O) groups is 2. The summed E-state index contributed by atoms with van der Waals surface area (Å²) < 4.78 is 32.3. The second-order valence-corrected chi connectivity index (χ2v) is 10.4. The highest BCUT2D eigenvalue weighted by molar-refractivity contribution is 7.89. The van der Waals surface area contributed by atoms with Gasteiger partial charge in [0, 0.05) is 25.0 Å².